The van der Waals surface area contributed by atoms with Gasteiger partial charge in [-0.1, -0.05) is 66.7 Å². The fourth-order valence-electron chi connectivity index (χ4n) is 1.73. The van der Waals surface area contributed by atoms with E-state index in [0.29, 0.717) is 6.61 Å². The van der Waals surface area contributed by atoms with Gasteiger partial charge in [0.25, 0.3) is 0 Å². The summed E-state index contributed by atoms with van der Waals surface area (Å²) in [6.07, 6.45) is 5.86. The largest absolute Gasteiger partial charge is 0.497 e. The van der Waals surface area contributed by atoms with Gasteiger partial charge in [-0.3, -0.25) is 0 Å². The topological polar surface area (TPSA) is 9.23 Å². The van der Waals surface area contributed by atoms with E-state index in [1.165, 1.54) is 16.7 Å². The van der Waals surface area contributed by atoms with Crippen LogP contribution in [0.5, 0.6) is 0 Å². The molecule has 0 spiro atoms. The van der Waals surface area contributed by atoms with Crippen molar-refractivity contribution in [2.45, 2.75) is 13.5 Å². The van der Waals surface area contributed by atoms with E-state index in [4.69, 9.17) is 4.74 Å². The van der Waals surface area contributed by atoms with Crippen LogP contribution in [0.3, 0.4) is 0 Å². The van der Waals surface area contributed by atoms with Crippen LogP contribution in [0.25, 0.3) is 6.08 Å². The Labute approximate surface area is 114 Å². The lowest BCUT2D eigenvalue weighted by atomic mass is 10.1. The molecule has 1 heteroatoms. The van der Waals surface area contributed by atoms with Crippen molar-refractivity contribution in [3.05, 3.63) is 89.7 Å². The molecule has 19 heavy (non-hydrogen) atoms. The maximum Gasteiger partial charge on any atom is 0.112 e. The van der Waals surface area contributed by atoms with Gasteiger partial charge in [0.05, 0.1) is 6.26 Å². The second-order valence-electron chi connectivity index (χ2n) is 4.40. The number of hydrogen-bond donors (Lipinski definition) is 0. The number of rotatable bonds is 5. The first-order valence-electron chi connectivity index (χ1n) is 6.40. The van der Waals surface area contributed by atoms with Crippen LogP contribution in [-0.2, 0) is 11.3 Å². The number of hydrogen-bond acceptors (Lipinski definition) is 1. The fourth-order valence-corrected chi connectivity index (χ4v) is 1.73. The van der Waals surface area contributed by atoms with Gasteiger partial charge in [0.2, 0.25) is 0 Å². The molecule has 0 unspecified atom stereocenters. The molecule has 0 saturated carbocycles. The van der Waals surface area contributed by atoms with Crippen LogP contribution >= 0.6 is 0 Å². The standard InChI is InChI=1S/C18H18O/c1-16(14-17-8-4-2-5-9-17)12-13-19-15-18-10-6-3-7-11-18/h2-14H,15H2,1H3/b13-12+,16-14+. The van der Waals surface area contributed by atoms with E-state index in [1.54, 1.807) is 6.26 Å². The molecule has 0 N–H and O–H groups in total. The molecule has 0 amide bonds. The quantitative estimate of drug-likeness (QED) is 0.546. The summed E-state index contributed by atoms with van der Waals surface area (Å²) in [6.45, 7) is 2.67. The van der Waals surface area contributed by atoms with Crippen molar-refractivity contribution in [2.24, 2.45) is 0 Å². The van der Waals surface area contributed by atoms with Crippen LogP contribution in [0.15, 0.2) is 78.6 Å². The molecule has 2 aromatic carbocycles. The van der Waals surface area contributed by atoms with Gasteiger partial charge in [-0.05, 0) is 29.7 Å². The van der Waals surface area contributed by atoms with Gasteiger partial charge in [-0.15, -0.1) is 0 Å². The molecule has 2 rings (SSSR count). The summed E-state index contributed by atoms with van der Waals surface area (Å²) in [6, 6.07) is 20.4. The highest BCUT2D eigenvalue weighted by molar-refractivity contribution is 5.54. The molecule has 1 nitrogen and oxygen atoms in total. The minimum absolute atomic E-state index is 0.607. The van der Waals surface area contributed by atoms with E-state index in [0.717, 1.165) is 0 Å². The van der Waals surface area contributed by atoms with Crippen molar-refractivity contribution in [3.8, 4) is 0 Å². The second kappa shape index (κ2) is 7.22. The second-order valence-corrected chi connectivity index (χ2v) is 4.40. The maximum absolute atomic E-state index is 5.51. The Morgan fingerprint density at radius 1 is 0.947 bits per heavy atom. The van der Waals surface area contributed by atoms with Crippen molar-refractivity contribution in [3.63, 3.8) is 0 Å². The van der Waals surface area contributed by atoms with Crippen LogP contribution in [-0.4, -0.2) is 0 Å². The van der Waals surface area contributed by atoms with Gasteiger partial charge in [0.1, 0.15) is 6.61 Å². The van der Waals surface area contributed by atoms with Gasteiger partial charge in [0, 0.05) is 0 Å². The Bertz CT molecular complexity index is 538. The summed E-state index contributed by atoms with van der Waals surface area (Å²) in [4.78, 5) is 0. The molecule has 0 aromatic heterocycles. The summed E-state index contributed by atoms with van der Waals surface area (Å²) in [5, 5.41) is 0. The highest BCUT2D eigenvalue weighted by Gasteiger charge is 1.89. The maximum atomic E-state index is 5.51. The monoisotopic (exact) mass is 250 g/mol. The molecule has 0 aliphatic heterocycles. The predicted molar refractivity (Wildman–Crippen MR) is 80.5 cm³/mol. The molecule has 0 radical (unpaired) electrons. The highest BCUT2D eigenvalue weighted by atomic mass is 16.5. The van der Waals surface area contributed by atoms with Crippen molar-refractivity contribution in [1.82, 2.24) is 0 Å². The van der Waals surface area contributed by atoms with Gasteiger partial charge in [-0.2, -0.15) is 0 Å². The summed E-state index contributed by atoms with van der Waals surface area (Å²) < 4.78 is 5.51. The van der Waals surface area contributed by atoms with E-state index in [-0.39, 0.29) is 0 Å². The van der Waals surface area contributed by atoms with Crippen molar-refractivity contribution >= 4 is 6.08 Å². The lowest BCUT2D eigenvalue weighted by Gasteiger charge is -2.00. The third kappa shape index (κ3) is 4.84. The zero-order chi connectivity index (χ0) is 13.3. The number of benzene rings is 2. The Balaban J connectivity index is 1.84. The van der Waals surface area contributed by atoms with Crippen molar-refractivity contribution in [2.75, 3.05) is 0 Å². The third-order valence-corrected chi connectivity index (χ3v) is 2.71. The molecule has 2 aromatic rings. The van der Waals surface area contributed by atoms with Gasteiger partial charge in [-0.25, -0.2) is 0 Å². The first-order valence-corrected chi connectivity index (χ1v) is 6.40. The van der Waals surface area contributed by atoms with Gasteiger partial charge >= 0.3 is 0 Å². The zero-order valence-electron chi connectivity index (χ0n) is 11.1. The van der Waals surface area contributed by atoms with Crippen molar-refractivity contribution < 1.29 is 4.74 Å². The number of ether oxygens (including phenoxy) is 1. The summed E-state index contributed by atoms with van der Waals surface area (Å²) in [5.41, 5.74) is 3.55. The first-order chi connectivity index (χ1) is 9.34. The minimum atomic E-state index is 0.607. The highest BCUT2D eigenvalue weighted by Crippen LogP contribution is 2.07. The Kier molecular flexibility index (Phi) is 5.00. The van der Waals surface area contributed by atoms with Crippen LogP contribution in [0.1, 0.15) is 18.1 Å². The summed E-state index contributed by atoms with van der Waals surface area (Å²) >= 11 is 0. The Morgan fingerprint density at radius 3 is 2.26 bits per heavy atom. The molecule has 0 heterocycles. The smallest absolute Gasteiger partial charge is 0.112 e. The van der Waals surface area contributed by atoms with E-state index in [9.17, 15) is 0 Å². The van der Waals surface area contributed by atoms with Crippen LogP contribution in [0, 0.1) is 0 Å². The average Bonchev–Trinajstić information content (AvgIpc) is 2.46. The van der Waals surface area contributed by atoms with Gasteiger partial charge in [0.15, 0.2) is 0 Å². The lowest BCUT2D eigenvalue weighted by Crippen LogP contribution is -1.85. The van der Waals surface area contributed by atoms with Crippen LogP contribution in [0.2, 0.25) is 0 Å². The minimum Gasteiger partial charge on any atom is -0.497 e. The zero-order valence-corrected chi connectivity index (χ0v) is 11.1. The molecule has 0 saturated heterocycles. The van der Waals surface area contributed by atoms with E-state index in [1.807, 2.05) is 42.5 Å². The normalized spacial score (nSPS) is 11.7. The fraction of sp³-hybridized carbons (Fsp3) is 0.111. The molecule has 0 aliphatic carbocycles. The molecule has 0 atom stereocenters. The van der Waals surface area contributed by atoms with Crippen molar-refractivity contribution in [1.29, 1.82) is 0 Å². The molecule has 96 valence electrons. The summed E-state index contributed by atoms with van der Waals surface area (Å²) in [7, 11) is 0. The molecular weight excluding hydrogens is 232 g/mol. The summed E-state index contributed by atoms with van der Waals surface area (Å²) in [5.74, 6) is 0. The Morgan fingerprint density at radius 2 is 1.58 bits per heavy atom. The van der Waals surface area contributed by atoms with E-state index >= 15 is 0 Å². The SMILES string of the molecule is CC(/C=C/OCc1ccccc1)=C\c1ccccc1. The molecular formula is C18H18O. The average molecular weight is 250 g/mol. The van der Waals surface area contributed by atoms with E-state index in [2.05, 4.69) is 37.3 Å². The van der Waals surface area contributed by atoms with E-state index < -0.39 is 0 Å². The van der Waals surface area contributed by atoms with Crippen LogP contribution in [0.4, 0.5) is 0 Å². The number of allylic oxidation sites excluding steroid dienone is 2. The predicted octanol–water partition coefficient (Wildman–Crippen LogP) is 4.82. The lowest BCUT2D eigenvalue weighted by molar-refractivity contribution is 0.236. The first kappa shape index (κ1) is 13.2. The third-order valence-electron chi connectivity index (χ3n) is 2.71. The van der Waals surface area contributed by atoms with Gasteiger partial charge < -0.3 is 4.74 Å². The molecule has 0 aliphatic rings. The van der Waals surface area contributed by atoms with Crippen LogP contribution < -0.4 is 0 Å². The Hall–Kier alpha value is -2.28. The molecule has 0 fully saturated rings. The molecule has 0 bridgehead atoms.